The zero-order valence-corrected chi connectivity index (χ0v) is 19.9. The predicted molar refractivity (Wildman–Crippen MR) is 130 cm³/mol. The molecule has 0 spiro atoms. The van der Waals surface area contributed by atoms with Gasteiger partial charge in [0.2, 0.25) is 0 Å². The number of carbonyl (C=O) groups is 1. The summed E-state index contributed by atoms with van der Waals surface area (Å²) < 4.78 is 18.1. The van der Waals surface area contributed by atoms with Gasteiger partial charge in [0.05, 0.1) is 11.5 Å². The van der Waals surface area contributed by atoms with Gasteiger partial charge in [0, 0.05) is 6.54 Å². The van der Waals surface area contributed by atoms with E-state index < -0.39 is 0 Å². The summed E-state index contributed by atoms with van der Waals surface area (Å²) in [6.45, 7) is 9.83. The first kappa shape index (κ1) is 23.2. The molecule has 1 aliphatic heterocycles. The average Bonchev–Trinajstić information content (AvgIpc) is 3.00. The van der Waals surface area contributed by atoms with Crippen LogP contribution >= 0.6 is 24.0 Å². The fourth-order valence-corrected chi connectivity index (χ4v) is 4.57. The molecule has 31 heavy (non-hydrogen) atoms. The summed E-state index contributed by atoms with van der Waals surface area (Å²) in [4.78, 5) is 14.7. The zero-order valence-electron chi connectivity index (χ0n) is 18.3. The maximum atomic E-state index is 12.4. The van der Waals surface area contributed by atoms with Crippen LogP contribution in [0.1, 0.15) is 30.5 Å². The Bertz CT molecular complexity index is 1000. The molecule has 1 aliphatic rings. The van der Waals surface area contributed by atoms with Crippen LogP contribution in [0.25, 0.3) is 6.08 Å². The number of likely N-dealkylation sites (N-methyl/N-ethyl adjacent to an activating group) is 1. The molecule has 0 bridgehead atoms. The second-order valence-corrected chi connectivity index (χ2v) is 8.71. The van der Waals surface area contributed by atoms with E-state index in [-0.39, 0.29) is 5.91 Å². The van der Waals surface area contributed by atoms with E-state index in [0.29, 0.717) is 47.1 Å². The van der Waals surface area contributed by atoms with E-state index in [1.807, 2.05) is 57.2 Å². The molecular formula is C24H27NO4S2. The lowest BCUT2D eigenvalue weighted by Crippen LogP contribution is -2.27. The third-order valence-electron chi connectivity index (χ3n) is 4.68. The Balaban J connectivity index is 1.65. The van der Waals surface area contributed by atoms with Crippen molar-refractivity contribution in [3.05, 3.63) is 58.0 Å². The van der Waals surface area contributed by atoms with Gasteiger partial charge in [0.15, 0.2) is 11.5 Å². The van der Waals surface area contributed by atoms with Crippen molar-refractivity contribution in [1.82, 2.24) is 4.90 Å². The summed E-state index contributed by atoms with van der Waals surface area (Å²) in [6.07, 6.45) is 1.84. The highest BCUT2D eigenvalue weighted by Gasteiger charge is 2.30. The molecule has 2 aromatic carbocycles. The first-order valence-corrected chi connectivity index (χ1v) is 11.5. The highest BCUT2D eigenvalue weighted by Crippen LogP contribution is 2.34. The first-order chi connectivity index (χ1) is 14.9. The number of rotatable bonds is 9. The van der Waals surface area contributed by atoms with E-state index in [9.17, 15) is 4.79 Å². The van der Waals surface area contributed by atoms with Gasteiger partial charge in [-0.3, -0.25) is 9.69 Å². The summed E-state index contributed by atoms with van der Waals surface area (Å²) in [5.74, 6) is 2.08. The molecule has 1 heterocycles. The number of aryl methyl sites for hydroxylation is 2. The van der Waals surface area contributed by atoms with Gasteiger partial charge in [-0.25, -0.2) is 0 Å². The van der Waals surface area contributed by atoms with E-state index >= 15 is 0 Å². The van der Waals surface area contributed by atoms with Crippen LogP contribution in [-0.4, -0.2) is 41.5 Å². The number of amides is 1. The van der Waals surface area contributed by atoms with Crippen LogP contribution in [-0.2, 0) is 4.79 Å². The summed E-state index contributed by atoms with van der Waals surface area (Å²) in [5.41, 5.74) is 3.17. The Morgan fingerprint density at radius 3 is 2.32 bits per heavy atom. The van der Waals surface area contributed by atoms with Crippen molar-refractivity contribution in [1.29, 1.82) is 0 Å². The van der Waals surface area contributed by atoms with Crippen molar-refractivity contribution in [2.24, 2.45) is 0 Å². The van der Waals surface area contributed by atoms with Gasteiger partial charge in [-0.1, -0.05) is 47.7 Å². The topological polar surface area (TPSA) is 48.0 Å². The molecule has 1 fully saturated rings. The SMILES string of the molecule is CCOc1cc(C=C2SC(=S)N(CC)C2=O)ccc1OCCOc1ccc(C)cc1C. The number of hydrogen-bond acceptors (Lipinski definition) is 6. The van der Waals surface area contributed by atoms with Gasteiger partial charge in [-0.05, 0) is 63.1 Å². The van der Waals surface area contributed by atoms with Crippen LogP contribution in [0.5, 0.6) is 17.2 Å². The molecule has 0 saturated carbocycles. The average molecular weight is 458 g/mol. The molecule has 0 unspecified atom stereocenters. The predicted octanol–water partition coefficient (Wildman–Crippen LogP) is 5.38. The molecule has 5 nitrogen and oxygen atoms in total. The minimum Gasteiger partial charge on any atom is -0.490 e. The normalized spacial score (nSPS) is 15.0. The molecule has 0 atom stereocenters. The molecule has 7 heteroatoms. The van der Waals surface area contributed by atoms with Crippen LogP contribution in [0.3, 0.4) is 0 Å². The van der Waals surface area contributed by atoms with Crippen LogP contribution in [0, 0.1) is 13.8 Å². The van der Waals surface area contributed by atoms with Crippen LogP contribution < -0.4 is 14.2 Å². The Morgan fingerprint density at radius 1 is 0.968 bits per heavy atom. The summed E-state index contributed by atoms with van der Waals surface area (Å²) in [7, 11) is 0. The smallest absolute Gasteiger partial charge is 0.266 e. The Kier molecular flexibility index (Phi) is 7.98. The number of benzene rings is 2. The van der Waals surface area contributed by atoms with E-state index in [2.05, 4.69) is 13.0 Å². The van der Waals surface area contributed by atoms with Crippen LogP contribution in [0.15, 0.2) is 41.3 Å². The fourth-order valence-electron chi connectivity index (χ4n) is 3.19. The van der Waals surface area contributed by atoms with Crippen molar-refractivity contribution in [3.8, 4) is 17.2 Å². The number of thioether (sulfide) groups is 1. The number of ether oxygens (including phenoxy) is 3. The molecule has 3 rings (SSSR count). The highest BCUT2D eigenvalue weighted by atomic mass is 32.2. The molecule has 0 aromatic heterocycles. The zero-order chi connectivity index (χ0) is 22.4. The highest BCUT2D eigenvalue weighted by molar-refractivity contribution is 8.26. The number of thiocarbonyl (C=S) groups is 1. The lowest BCUT2D eigenvalue weighted by molar-refractivity contribution is -0.121. The lowest BCUT2D eigenvalue weighted by Gasteiger charge is -2.14. The van der Waals surface area contributed by atoms with E-state index in [1.54, 1.807) is 4.90 Å². The maximum absolute atomic E-state index is 12.4. The van der Waals surface area contributed by atoms with Crippen molar-refractivity contribution < 1.29 is 19.0 Å². The Hall–Kier alpha value is -2.51. The fraction of sp³-hybridized carbons (Fsp3) is 0.333. The van der Waals surface area contributed by atoms with Crippen LogP contribution in [0.2, 0.25) is 0 Å². The van der Waals surface area contributed by atoms with Gasteiger partial charge in [-0.15, -0.1) is 0 Å². The van der Waals surface area contributed by atoms with E-state index in [0.717, 1.165) is 16.9 Å². The molecular weight excluding hydrogens is 430 g/mol. The Labute approximate surface area is 193 Å². The van der Waals surface area contributed by atoms with Gasteiger partial charge in [0.1, 0.15) is 23.3 Å². The third-order valence-corrected chi connectivity index (χ3v) is 6.06. The first-order valence-electron chi connectivity index (χ1n) is 10.3. The van der Waals surface area contributed by atoms with Crippen molar-refractivity contribution in [2.45, 2.75) is 27.7 Å². The van der Waals surface area contributed by atoms with Crippen molar-refractivity contribution >= 4 is 40.3 Å². The summed E-state index contributed by atoms with van der Waals surface area (Å²) in [6, 6.07) is 11.7. The molecule has 0 radical (unpaired) electrons. The number of nitrogens with zero attached hydrogens (tertiary/aromatic N) is 1. The minimum atomic E-state index is -0.0562. The molecule has 0 aliphatic carbocycles. The lowest BCUT2D eigenvalue weighted by atomic mass is 10.1. The molecule has 0 N–H and O–H groups in total. The van der Waals surface area contributed by atoms with Gasteiger partial charge >= 0.3 is 0 Å². The largest absolute Gasteiger partial charge is 0.490 e. The molecule has 1 saturated heterocycles. The van der Waals surface area contributed by atoms with Crippen molar-refractivity contribution in [2.75, 3.05) is 26.4 Å². The molecule has 164 valence electrons. The van der Waals surface area contributed by atoms with E-state index in [4.69, 9.17) is 26.4 Å². The van der Waals surface area contributed by atoms with Crippen molar-refractivity contribution in [3.63, 3.8) is 0 Å². The standard InChI is InChI=1S/C24H27NO4S2/c1-5-25-23(26)22(31-24(25)30)15-18-8-10-20(21(14-18)27-6-2)29-12-11-28-19-9-7-16(3)13-17(19)4/h7-10,13-15H,5-6,11-12H2,1-4H3. The summed E-state index contributed by atoms with van der Waals surface area (Å²) >= 11 is 6.60. The minimum absolute atomic E-state index is 0.0562. The summed E-state index contributed by atoms with van der Waals surface area (Å²) in [5, 5.41) is 0. The van der Waals surface area contributed by atoms with Gasteiger partial charge in [0.25, 0.3) is 5.91 Å². The monoisotopic (exact) mass is 457 g/mol. The Morgan fingerprint density at radius 2 is 1.68 bits per heavy atom. The number of hydrogen-bond donors (Lipinski definition) is 0. The molecule has 1 amide bonds. The quantitative estimate of drug-likeness (QED) is 0.286. The van der Waals surface area contributed by atoms with Crippen LogP contribution in [0.4, 0.5) is 0 Å². The van der Waals surface area contributed by atoms with Gasteiger partial charge < -0.3 is 14.2 Å². The second kappa shape index (κ2) is 10.7. The van der Waals surface area contributed by atoms with Gasteiger partial charge in [-0.2, -0.15) is 0 Å². The number of carbonyl (C=O) groups excluding carboxylic acids is 1. The molecule has 2 aromatic rings. The third kappa shape index (κ3) is 5.80. The maximum Gasteiger partial charge on any atom is 0.266 e. The second-order valence-electron chi connectivity index (χ2n) is 7.03. The van der Waals surface area contributed by atoms with E-state index in [1.165, 1.54) is 17.3 Å².